The number of carbonyl (C=O) groups excluding carboxylic acids is 1. The van der Waals surface area contributed by atoms with Crippen LogP contribution in [0, 0.1) is 12.3 Å². The summed E-state index contributed by atoms with van der Waals surface area (Å²) < 4.78 is 5.30. The van der Waals surface area contributed by atoms with Gasteiger partial charge in [0.2, 0.25) is 5.91 Å². The number of hydrogen-bond acceptors (Lipinski definition) is 7. The first kappa shape index (κ1) is 31.1. The van der Waals surface area contributed by atoms with Crippen LogP contribution in [0.15, 0.2) is 36.4 Å². The molecule has 1 fully saturated rings. The van der Waals surface area contributed by atoms with Gasteiger partial charge in [-0.25, -0.2) is 4.98 Å². The van der Waals surface area contributed by atoms with Gasteiger partial charge in [-0.3, -0.25) is 9.69 Å². The van der Waals surface area contributed by atoms with E-state index in [1.165, 1.54) is 11.8 Å². The molecule has 1 aliphatic heterocycles. The van der Waals surface area contributed by atoms with Crippen LogP contribution in [0.4, 0.5) is 17.3 Å². The lowest BCUT2D eigenvalue weighted by molar-refractivity contribution is -0.118. The Bertz CT molecular complexity index is 911. The van der Waals surface area contributed by atoms with Crippen LogP contribution in [-0.4, -0.2) is 67.9 Å². The van der Waals surface area contributed by atoms with E-state index in [0.717, 1.165) is 56.7 Å². The zero-order valence-electron chi connectivity index (χ0n) is 22.8. The van der Waals surface area contributed by atoms with E-state index in [4.69, 9.17) is 15.9 Å². The van der Waals surface area contributed by atoms with Crippen molar-refractivity contribution in [2.75, 3.05) is 61.9 Å². The molecule has 36 heavy (non-hydrogen) atoms. The van der Waals surface area contributed by atoms with Gasteiger partial charge in [0.05, 0.1) is 19.8 Å². The van der Waals surface area contributed by atoms with Crippen LogP contribution in [-0.2, 0) is 9.53 Å². The minimum atomic E-state index is -0.0680. The highest BCUT2D eigenvalue weighted by molar-refractivity contribution is 5.92. The number of hydrogen-bond donors (Lipinski definition) is 3. The maximum Gasteiger partial charge on any atom is 0.239 e. The number of aromatic nitrogens is 1. The molecule has 0 atom stereocenters. The quantitative estimate of drug-likeness (QED) is 0.372. The van der Waals surface area contributed by atoms with Gasteiger partial charge in [-0.15, -0.1) is 0 Å². The molecular formula is C28H50N6O2. The summed E-state index contributed by atoms with van der Waals surface area (Å²) in [7, 11) is 0. The van der Waals surface area contributed by atoms with Crippen molar-refractivity contribution in [2.45, 2.75) is 53.9 Å². The van der Waals surface area contributed by atoms with Crippen LogP contribution >= 0.6 is 0 Å². The fourth-order valence-corrected chi connectivity index (χ4v) is 3.68. The highest BCUT2D eigenvalue weighted by atomic mass is 16.5. The van der Waals surface area contributed by atoms with Crippen molar-refractivity contribution in [3.05, 3.63) is 47.5 Å². The fourth-order valence-electron chi connectivity index (χ4n) is 3.68. The Labute approximate surface area is 220 Å². The molecule has 2 aromatic rings. The van der Waals surface area contributed by atoms with E-state index in [1.54, 1.807) is 0 Å². The third-order valence-electron chi connectivity index (χ3n) is 5.42. The maximum absolute atomic E-state index is 12.3. The standard InChI is InChI=1S/C18H31N5O2.C8H9N.C2H6.2H2/c1-3-5-7-23(6-4-2)15-12-16(19)20-17(13-15)21-18(24)14-22-8-10-25-11-9-22;1-7-3-2-4-8(5-7)6-9;1-2;;/h12-13H,3-11,14H2,1-2H3,(H3,19,20,21,24);2-6,9H,1H3;1-2H3;2*1H. The lowest BCUT2D eigenvalue weighted by atomic mass is 10.2. The lowest BCUT2D eigenvalue weighted by Crippen LogP contribution is -2.41. The third kappa shape index (κ3) is 12.1. The molecule has 1 aromatic heterocycles. The average Bonchev–Trinajstić information content (AvgIpc) is 2.88. The van der Waals surface area contributed by atoms with Gasteiger partial charge in [-0.2, -0.15) is 0 Å². The number of unbranched alkanes of at least 4 members (excludes halogenated alkanes) is 1. The number of pyridine rings is 1. The van der Waals surface area contributed by atoms with Crippen LogP contribution in [0.3, 0.4) is 0 Å². The van der Waals surface area contributed by atoms with E-state index in [2.05, 4.69) is 33.9 Å². The Kier molecular flexibility index (Phi) is 15.8. The number of nitrogens with two attached hydrogens (primary N) is 1. The van der Waals surface area contributed by atoms with Crippen LogP contribution in [0.25, 0.3) is 0 Å². The van der Waals surface area contributed by atoms with E-state index < -0.39 is 0 Å². The second-order valence-electron chi connectivity index (χ2n) is 8.47. The van der Waals surface area contributed by atoms with Crippen LogP contribution in [0.5, 0.6) is 0 Å². The van der Waals surface area contributed by atoms with E-state index in [1.807, 2.05) is 57.2 Å². The lowest BCUT2D eigenvalue weighted by Gasteiger charge is -2.26. The topological polar surface area (TPSA) is 108 Å². The molecule has 8 nitrogen and oxygen atoms in total. The molecule has 0 saturated carbocycles. The van der Waals surface area contributed by atoms with Gasteiger partial charge in [0.25, 0.3) is 0 Å². The van der Waals surface area contributed by atoms with Crippen LogP contribution in [0.2, 0.25) is 0 Å². The van der Waals surface area contributed by atoms with Gasteiger partial charge in [0.15, 0.2) is 0 Å². The first-order valence-corrected chi connectivity index (χ1v) is 13.1. The zero-order chi connectivity index (χ0) is 26.8. The molecule has 204 valence electrons. The molecule has 0 unspecified atom stereocenters. The molecule has 1 aromatic carbocycles. The first-order valence-electron chi connectivity index (χ1n) is 13.1. The summed E-state index contributed by atoms with van der Waals surface area (Å²) in [4.78, 5) is 20.9. The molecule has 3 rings (SSSR count). The highest BCUT2D eigenvalue weighted by Crippen LogP contribution is 2.22. The van der Waals surface area contributed by atoms with E-state index in [-0.39, 0.29) is 8.76 Å². The van der Waals surface area contributed by atoms with Gasteiger partial charge in [0.1, 0.15) is 11.6 Å². The van der Waals surface area contributed by atoms with Gasteiger partial charge in [0, 0.05) is 53.1 Å². The normalized spacial score (nSPS) is 12.9. The van der Waals surface area contributed by atoms with Crippen molar-refractivity contribution in [3.8, 4) is 0 Å². The third-order valence-corrected chi connectivity index (χ3v) is 5.42. The number of nitrogens with zero attached hydrogens (tertiary/aromatic N) is 3. The molecule has 8 heteroatoms. The van der Waals surface area contributed by atoms with Crippen LogP contribution in [0.1, 0.15) is 60.9 Å². The van der Waals surface area contributed by atoms with Crippen molar-refractivity contribution in [1.82, 2.24) is 9.88 Å². The summed E-state index contributed by atoms with van der Waals surface area (Å²) in [5, 5.41) is 9.80. The number of nitrogens with one attached hydrogen (secondary N) is 2. The number of anilines is 3. The monoisotopic (exact) mass is 502 g/mol. The van der Waals surface area contributed by atoms with Gasteiger partial charge >= 0.3 is 0 Å². The summed E-state index contributed by atoms with van der Waals surface area (Å²) in [6, 6.07) is 11.7. The number of morpholine rings is 1. The zero-order valence-corrected chi connectivity index (χ0v) is 22.8. The summed E-state index contributed by atoms with van der Waals surface area (Å²) >= 11 is 0. The number of benzene rings is 1. The molecule has 1 amide bonds. The van der Waals surface area contributed by atoms with E-state index in [0.29, 0.717) is 31.4 Å². The second-order valence-corrected chi connectivity index (χ2v) is 8.47. The summed E-state index contributed by atoms with van der Waals surface area (Å²) in [5.41, 5.74) is 9.16. The number of rotatable bonds is 10. The Hall–Kier alpha value is -2.97. The predicted molar refractivity (Wildman–Crippen MR) is 157 cm³/mol. The van der Waals surface area contributed by atoms with Gasteiger partial charge in [-0.1, -0.05) is 63.9 Å². The molecule has 0 radical (unpaired) electrons. The Morgan fingerprint density at radius 1 is 1.19 bits per heavy atom. The number of nitrogen functional groups attached to an aromatic ring is 1. The molecule has 4 N–H and O–H groups in total. The van der Waals surface area contributed by atoms with Crippen molar-refractivity contribution < 1.29 is 12.4 Å². The Morgan fingerprint density at radius 3 is 2.50 bits per heavy atom. The van der Waals surface area contributed by atoms with E-state index in [9.17, 15) is 4.79 Å². The minimum Gasteiger partial charge on any atom is -0.384 e. The predicted octanol–water partition coefficient (Wildman–Crippen LogP) is 5.46. The van der Waals surface area contributed by atoms with Gasteiger partial charge < -0.3 is 26.1 Å². The van der Waals surface area contributed by atoms with Crippen molar-refractivity contribution >= 4 is 29.4 Å². The molecule has 0 bridgehead atoms. The molecular weight excluding hydrogens is 452 g/mol. The summed E-state index contributed by atoms with van der Waals surface area (Å²) in [5.74, 6) is 0.879. The Morgan fingerprint density at radius 2 is 1.92 bits per heavy atom. The smallest absolute Gasteiger partial charge is 0.239 e. The molecule has 2 heterocycles. The largest absolute Gasteiger partial charge is 0.384 e. The van der Waals surface area contributed by atoms with Crippen molar-refractivity contribution in [3.63, 3.8) is 0 Å². The SMILES string of the molecule is CC.CCCCN(CCC)c1cc(N)nc(NC(=O)CN2CCOCC2)c1.Cc1cccc(C=N)c1.[HH].[HH]. The second kappa shape index (κ2) is 18.3. The number of ether oxygens (including phenoxy) is 1. The number of aryl methyl sites for hydroxylation is 1. The van der Waals surface area contributed by atoms with E-state index >= 15 is 0 Å². The molecule has 1 aliphatic rings. The molecule has 0 aliphatic carbocycles. The fraction of sp³-hybridized carbons (Fsp3) is 0.536. The first-order chi connectivity index (χ1) is 17.4. The Balaban J connectivity index is 0. The van der Waals surface area contributed by atoms with Crippen molar-refractivity contribution in [1.29, 1.82) is 5.41 Å². The molecule has 0 spiro atoms. The number of amides is 1. The minimum absolute atomic E-state index is 0. The summed E-state index contributed by atoms with van der Waals surface area (Å²) in [6.07, 6.45) is 4.68. The number of carbonyl (C=O) groups is 1. The van der Waals surface area contributed by atoms with Crippen molar-refractivity contribution in [2.24, 2.45) is 0 Å². The highest BCUT2D eigenvalue weighted by Gasteiger charge is 2.15. The summed E-state index contributed by atoms with van der Waals surface area (Å²) in [6.45, 7) is 15.6. The maximum atomic E-state index is 12.3. The molecule has 1 saturated heterocycles. The average molecular weight is 503 g/mol. The van der Waals surface area contributed by atoms with Gasteiger partial charge in [-0.05, 0) is 25.3 Å². The van der Waals surface area contributed by atoms with Crippen LogP contribution < -0.4 is 16.0 Å².